The lowest BCUT2D eigenvalue weighted by molar-refractivity contribution is -0.122. The van der Waals surface area contributed by atoms with E-state index in [1.54, 1.807) is 43.3 Å². The molecule has 148 valence electrons. The van der Waals surface area contributed by atoms with Crippen LogP contribution in [0.2, 0.25) is 0 Å². The molecule has 2 aromatic carbocycles. The van der Waals surface area contributed by atoms with Gasteiger partial charge in [0.25, 0.3) is 11.8 Å². The molecule has 1 heterocycles. The highest BCUT2D eigenvalue weighted by molar-refractivity contribution is 9.10. The van der Waals surface area contributed by atoms with Crippen LogP contribution in [0.1, 0.15) is 30.1 Å². The van der Waals surface area contributed by atoms with Gasteiger partial charge in [-0.25, -0.2) is 0 Å². The third-order valence-electron chi connectivity index (χ3n) is 4.44. The van der Waals surface area contributed by atoms with Crippen LogP contribution in [0.25, 0.3) is 0 Å². The van der Waals surface area contributed by atoms with Crippen molar-refractivity contribution in [3.8, 4) is 5.75 Å². The smallest absolute Gasteiger partial charge is 0.265 e. The molecule has 3 rings (SSSR count). The first kappa shape index (κ1) is 20.4. The summed E-state index contributed by atoms with van der Waals surface area (Å²) in [4.78, 5) is 25.1. The fourth-order valence-corrected chi connectivity index (χ4v) is 3.17. The SMILES string of the molecule is C[C@H](Oc1ccc(Br)cc1)C(=O)Nc1ccccc1C(=O)NC[C@@H]1CCCO1. The zero-order valence-corrected chi connectivity index (χ0v) is 17.2. The second-order valence-electron chi connectivity index (χ2n) is 6.59. The Hall–Kier alpha value is -2.38. The number of amides is 2. The molecule has 1 saturated heterocycles. The molecule has 0 aromatic heterocycles. The maximum Gasteiger partial charge on any atom is 0.265 e. The maximum absolute atomic E-state index is 12.5. The number of para-hydroxylation sites is 1. The van der Waals surface area contributed by atoms with Gasteiger partial charge in [-0.3, -0.25) is 9.59 Å². The highest BCUT2D eigenvalue weighted by Crippen LogP contribution is 2.19. The quantitative estimate of drug-likeness (QED) is 0.678. The van der Waals surface area contributed by atoms with Gasteiger partial charge in [-0.15, -0.1) is 0 Å². The lowest BCUT2D eigenvalue weighted by atomic mass is 10.1. The summed E-state index contributed by atoms with van der Waals surface area (Å²) in [6, 6.07) is 14.2. The predicted molar refractivity (Wildman–Crippen MR) is 111 cm³/mol. The zero-order valence-electron chi connectivity index (χ0n) is 15.6. The van der Waals surface area contributed by atoms with Crippen LogP contribution in [-0.4, -0.2) is 37.2 Å². The van der Waals surface area contributed by atoms with E-state index >= 15 is 0 Å². The molecule has 0 aliphatic carbocycles. The lowest BCUT2D eigenvalue weighted by Crippen LogP contribution is -2.34. The number of rotatable bonds is 7. The molecule has 1 fully saturated rings. The van der Waals surface area contributed by atoms with E-state index in [1.165, 1.54) is 0 Å². The van der Waals surface area contributed by atoms with E-state index in [9.17, 15) is 9.59 Å². The number of benzene rings is 2. The van der Waals surface area contributed by atoms with Gasteiger partial charge in [-0.1, -0.05) is 28.1 Å². The van der Waals surface area contributed by atoms with E-state index in [0.717, 1.165) is 23.9 Å². The first-order valence-corrected chi connectivity index (χ1v) is 10.0. The van der Waals surface area contributed by atoms with E-state index < -0.39 is 6.10 Å². The summed E-state index contributed by atoms with van der Waals surface area (Å²) in [5.41, 5.74) is 0.855. The molecule has 0 spiro atoms. The largest absolute Gasteiger partial charge is 0.481 e. The van der Waals surface area contributed by atoms with Crippen LogP contribution in [0.3, 0.4) is 0 Å². The van der Waals surface area contributed by atoms with Gasteiger partial charge in [0, 0.05) is 17.6 Å². The molecule has 2 N–H and O–H groups in total. The Labute approximate surface area is 172 Å². The number of carbonyl (C=O) groups excluding carboxylic acids is 2. The second-order valence-corrected chi connectivity index (χ2v) is 7.51. The van der Waals surface area contributed by atoms with Crippen molar-refractivity contribution in [2.45, 2.75) is 32.0 Å². The van der Waals surface area contributed by atoms with E-state index in [-0.39, 0.29) is 17.9 Å². The van der Waals surface area contributed by atoms with Crippen LogP contribution < -0.4 is 15.4 Å². The minimum Gasteiger partial charge on any atom is -0.481 e. The molecule has 2 aromatic rings. The van der Waals surface area contributed by atoms with E-state index in [2.05, 4.69) is 26.6 Å². The Kier molecular flexibility index (Phi) is 7.06. The van der Waals surface area contributed by atoms with Crippen LogP contribution in [0.5, 0.6) is 5.75 Å². The van der Waals surface area contributed by atoms with E-state index in [4.69, 9.17) is 9.47 Å². The predicted octanol–water partition coefficient (Wildman–Crippen LogP) is 3.76. The van der Waals surface area contributed by atoms with Crippen LogP contribution in [-0.2, 0) is 9.53 Å². The van der Waals surface area contributed by atoms with E-state index in [1.807, 2.05) is 12.1 Å². The van der Waals surface area contributed by atoms with Crippen molar-refractivity contribution in [3.05, 3.63) is 58.6 Å². The number of nitrogens with one attached hydrogen (secondary N) is 2. The monoisotopic (exact) mass is 446 g/mol. The molecule has 2 amide bonds. The molecule has 1 aliphatic heterocycles. The first-order valence-electron chi connectivity index (χ1n) is 9.25. The summed E-state index contributed by atoms with van der Waals surface area (Å²) in [6.07, 6.45) is 1.31. The van der Waals surface area contributed by atoms with Crippen molar-refractivity contribution in [2.75, 3.05) is 18.5 Å². The standard InChI is InChI=1S/C21H23BrN2O4/c1-14(28-16-10-8-15(22)9-11-16)20(25)24-19-7-3-2-6-18(19)21(26)23-13-17-5-4-12-27-17/h2-3,6-11,14,17H,4-5,12-13H2,1H3,(H,23,26)(H,24,25)/t14-,17-/m0/s1. The van der Waals surface area contributed by atoms with Gasteiger partial charge in [0.2, 0.25) is 0 Å². The Balaban J connectivity index is 1.60. The number of anilines is 1. The van der Waals surface area contributed by atoms with Crippen molar-refractivity contribution in [1.29, 1.82) is 0 Å². The molecule has 6 nitrogen and oxygen atoms in total. The molecular weight excluding hydrogens is 424 g/mol. The molecule has 0 saturated carbocycles. The summed E-state index contributed by atoms with van der Waals surface area (Å²) in [6.45, 7) is 2.87. The fraction of sp³-hybridized carbons (Fsp3) is 0.333. The summed E-state index contributed by atoms with van der Waals surface area (Å²) in [5.74, 6) is 0.0172. The first-order chi connectivity index (χ1) is 13.5. The van der Waals surface area contributed by atoms with Crippen molar-refractivity contribution < 1.29 is 19.1 Å². The Morgan fingerprint density at radius 1 is 1.21 bits per heavy atom. The number of ether oxygens (including phenoxy) is 2. The van der Waals surface area contributed by atoms with Crippen LogP contribution >= 0.6 is 15.9 Å². The third kappa shape index (κ3) is 5.56. The van der Waals surface area contributed by atoms with Gasteiger partial charge < -0.3 is 20.1 Å². The van der Waals surface area contributed by atoms with Gasteiger partial charge in [-0.2, -0.15) is 0 Å². The molecule has 0 unspecified atom stereocenters. The molecule has 2 atom stereocenters. The zero-order chi connectivity index (χ0) is 19.9. The van der Waals surface area contributed by atoms with Gasteiger partial charge in [0.1, 0.15) is 5.75 Å². The minimum atomic E-state index is -0.718. The summed E-state index contributed by atoms with van der Waals surface area (Å²) >= 11 is 3.36. The summed E-state index contributed by atoms with van der Waals surface area (Å²) in [5, 5.41) is 5.66. The van der Waals surface area contributed by atoms with Crippen molar-refractivity contribution >= 4 is 33.4 Å². The Morgan fingerprint density at radius 2 is 1.96 bits per heavy atom. The highest BCUT2D eigenvalue weighted by Gasteiger charge is 2.20. The molecule has 0 radical (unpaired) electrons. The topological polar surface area (TPSA) is 76.7 Å². The second kappa shape index (κ2) is 9.71. The van der Waals surface area contributed by atoms with Crippen LogP contribution in [0.4, 0.5) is 5.69 Å². The molecule has 0 bridgehead atoms. The van der Waals surface area contributed by atoms with Crippen molar-refractivity contribution in [1.82, 2.24) is 5.32 Å². The summed E-state index contributed by atoms with van der Waals surface area (Å²) in [7, 11) is 0. The maximum atomic E-state index is 12.5. The average Bonchev–Trinajstić information content (AvgIpc) is 3.22. The van der Waals surface area contributed by atoms with Crippen molar-refractivity contribution in [3.63, 3.8) is 0 Å². The molecular formula is C21H23BrN2O4. The highest BCUT2D eigenvalue weighted by atomic mass is 79.9. The van der Waals surface area contributed by atoms with Gasteiger partial charge in [0.05, 0.1) is 17.4 Å². The Bertz CT molecular complexity index is 819. The Morgan fingerprint density at radius 3 is 2.68 bits per heavy atom. The van der Waals surface area contributed by atoms with Gasteiger partial charge in [0.15, 0.2) is 6.10 Å². The van der Waals surface area contributed by atoms with Crippen molar-refractivity contribution in [2.24, 2.45) is 0 Å². The van der Waals surface area contributed by atoms with E-state index in [0.29, 0.717) is 23.5 Å². The molecule has 1 aliphatic rings. The van der Waals surface area contributed by atoms with Gasteiger partial charge in [-0.05, 0) is 56.2 Å². The lowest BCUT2D eigenvalue weighted by Gasteiger charge is -2.17. The van der Waals surface area contributed by atoms with Gasteiger partial charge >= 0.3 is 0 Å². The fourth-order valence-electron chi connectivity index (χ4n) is 2.90. The summed E-state index contributed by atoms with van der Waals surface area (Å²) < 4.78 is 12.1. The normalized spacial score (nSPS) is 17.0. The number of hydrogen-bond acceptors (Lipinski definition) is 4. The number of carbonyl (C=O) groups is 2. The number of hydrogen-bond donors (Lipinski definition) is 2. The number of halogens is 1. The minimum absolute atomic E-state index is 0.0602. The molecule has 28 heavy (non-hydrogen) atoms. The van der Waals surface area contributed by atoms with Crippen LogP contribution in [0, 0.1) is 0 Å². The molecule has 7 heteroatoms. The van der Waals surface area contributed by atoms with Crippen LogP contribution in [0.15, 0.2) is 53.0 Å². The average molecular weight is 447 g/mol. The third-order valence-corrected chi connectivity index (χ3v) is 4.97.